The predicted molar refractivity (Wildman–Crippen MR) is 107 cm³/mol. The van der Waals surface area contributed by atoms with Gasteiger partial charge in [-0.05, 0) is 18.1 Å². The third kappa shape index (κ3) is 2.55. The summed E-state index contributed by atoms with van der Waals surface area (Å²) >= 11 is 0. The number of hydrogen-bond donors (Lipinski definition) is 0. The van der Waals surface area contributed by atoms with E-state index in [1.807, 2.05) is 67.6 Å². The van der Waals surface area contributed by atoms with Crippen LogP contribution in [0.2, 0.25) is 0 Å². The first-order valence-corrected chi connectivity index (χ1v) is 10.2. The van der Waals surface area contributed by atoms with Crippen LogP contribution in [0.25, 0.3) is 0 Å². The Morgan fingerprint density at radius 1 is 0.929 bits per heavy atom. The highest BCUT2D eigenvalue weighted by Gasteiger charge is 2.70. The molecule has 0 N–H and O–H groups in total. The number of carbonyl (C=O) groups is 1. The standard InChI is InChI=1S/C24H28NO3/c1-24(16-10-6-4-7-11-16,17-12-8-5-9-13-17)23(26)27-18-14-19-21-22(28-21)20(15-18)25(19,2)3/h4-13,18-22H,14-15H2,1-3H3/q+1/t18?,19?,20?,21-,22-/m0/s1. The van der Waals surface area contributed by atoms with Gasteiger partial charge in [0.15, 0.2) is 0 Å². The highest BCUT2D eigenvalue weighted by atomic mass is 16.6. The number of esters is 1. The molecule has 4 atom stereocenters. The fourth-order valence-corrected chi connectivity index (χ4v) is 5.52. The number of epoxide rings is 1. The molecule has 3 saturated heterocycles. The number of hydrogen-bond acceptors (Lipinski definition) is 3. The van der Waals surface area contributed by atoms with Gasteiger partial charge in [-0.25, -0.2) is 0 Å². The number of piperidine rings is 1. The Bertz CT molecular complexity index is 820. The van der Waals surface area contributed by atoms with Crippen molar-refractivity contribution in [3.05, 3.63) is 71.8 Å². The summed E-state index contributed by atoms with van der Waals surface area (Å²) in [7, 11) is 4.59. The second kappa shape index (κ2) is 6.16. The Hall–Kier alpha value is -2.17. The van der Waals surface area contributed by atoms with Crippen LogP contribution in [0.1, 0.15) is 30.9 Å². The van der Waals surface area contributed by atoms with E-state index in [0.717, 1.165) is 28.5 Å². The minimum absolute atomic E-state index is 0.0307. The van der Waals surface area contributed by atoms with Crippen molar-refractivity contribution in [2.24, 2.45) is 0 Å². The molecule has 3 fully saturated rings. The largest absolute Gasteiger partial charge is 0.461 e. The molecule has 0 aliphatic carbocycles. The summed E-state index contributed by atoms with van der Waals surface area (Å²) in [5.74, 6) is -0.156. The maximum Gasteiger partial charge on any atom is 0.321 e. The van der Waals surface area contributed by atoms with Crippen LogP contribution in [0, 0.1) is 0 Å². The molecule has 0 radical (unpaired) electrons. The average Bonchev–Trinajstić information content (AvgIpc) is 3.47. The average molecular weight is 378 g/mol. The molecule has 146 valence electrons. The lowest BCUT2D eigenvalue weighted by molar-refractivity contribution is -0.938. The molecule has 4 heteroatoms. The predicted octanol–water partition coefficient (Wildman–Crippen LogP) is 3.29. The lowest BCUT2D eigenvalue weighted by atomic mass is 9.76. The highest BCUT2D eigenvalue weighted by Crippen LogP contribution is 2.52. The molecule has 0 spiro atoms. The van der Waals surface area contributed by atoms with E-state index < -0.39 is 5.41 Å². The van der Waals surface area contributed by atoms with Crippen LogP contribution in [0.15, 0.2) is 60.7 Å². The van der Waals surface area contributed by atoms with E-state index in [-0.39, 0.29) is 12.1 Å². The van der Waals surface area contributed by atoms with Gasteiger partial charge < -0.3 is 14.0 Å². The van der Waals surface area contributed by atoms with Crippen LogP contribution in [-0.2, 0) is 19.7 Å². The molecule has 0 amide bonds. The number of likely N-dealkylation sites (N-methyl/N-ethyl adjacent to an activating group) is 1. The van der Waals surface area contributed by atoms with Crippen LogP contribution in [-0.4, -0.2) is 54.9 Å². The molecule has 3 heterocycles. The smallest absolute Gasteiger partial charge is 0.321 e. The highest BCUT2D eigenvalue weighted by molar-refractivity contribution is 5.87. The number of nitrogens with zero attached hydrogens (tertiary/aromatic N) is 1. The van der Waals surface area contributed by atoms with Gasteiger partial charge in [0.1, 0.15) is 35.8 Å². The number of ether oxygens (including phenoxy) is 2. The lowest BCUT2D eigenvalue weighted by Crippen LogP contribution is -2.60. The lowest BCUT2D eigenvalue weighted by Gasteiger charge is -2.45. The molecular weight excluding hydrogens is 350 g/mol. The third-order valence-electron chi connectivity index (χ3n) is 7.42. The minimum Gasteiger partial charge on any atom is -0.461 e. The number of rotatable bonds is 4. The van der Waals surface area contributed by atoms with E-state index in [1.165, 1.54) is 0 Å². The Labute approximate surface area is 166 Å². The fraction of sp³-hybridized carbons (Fsp3) is 0.458. The quantitative estimate of drug-likeness (QED) is 0.466. The van der Waals surface area contributed by atoms with Crippen molar-refractivity contribution in [1.82, 2.24) is 0 Å². The molecule has 28 heavy (non-hydrogen) atoms. The molecule has 2 bridgehead atoms. The summed E-state index contributed by atoms with van der Waals surface area (Å²) in [6.45, 7) is 1.98. The van der Waals surface area contributed by atoms with Gasteiger partial charge >= 0.3 is 5.97 Å². The van der Waals surface area contributed by atoms with Crippen molar-refractivity contribution >= 4 is 5.97 Å². The fourth-order valence-electron chi connectivity index (χ4n) is 5.52. The molecule has 0 saturated carbocycles. The van der Waals surface area contributed by atoms with Gasteiger partial charge in [-0.3, -0.25) is 4.79 Å². The van der Waals surface area contributed by atoms with E-state index in [9.17, 15) is 4.79 Å². The number of morpholine rings is 1. The van der Waals surface area contributed by atoms with Crippen LogP contribution in [0.3, 0.4) is 0 Å². The summed E-state index contributed by atoms with van der Waals surface area (Å²) in [4.78, 5) is 13.6. The van der Waals surface area contributed by atoms with Crippen LogP contribution >= 0.6 is 0 Å². The minimum atomic E-state index is -0.817. The Kier molecular flexibility index (Phi) is 3.94. The summed E-state index contributed by atoms with van der Waals surface area (Å²) < 4.78 is 13.1. The van der Waals surface area contributed by atoms with Crippen molar-refractivity contribution < 1.29 is 18.8 Å². The zero-order valence-corrected chi connectivity index (χ0v) is 16.7. The van der Waals surface area contributed by atoms with Gasteiger partial charge in [-0.2, -0.15) is 0 Å². The maximum absolute atomic E-state index is 13.6. The first-order chi connectivity index (χ1) is 13.4. The van der Waals surface area contributed by atoms with Gasteiger partial charge in [0.2, 0.25) is 0 Å². The van der Waals surface area contributed by atoms with Crippen molar-refractivity contribution in [3.63, 3.8) is 0 Å². The van der Waals surface area contributed by atoms with Gasteiger partial charge in [0.05, 0.1) is 14.1 Å². The maximum atomic E-state index is 13.6. The number of carbonyl (C=O) groups excluding carboxylic acids is 1. The first kappa shape index (κ1) is 17.9. The molecule has 4 nitrogen and oxygen atoms in total. The van der Waals surface area contributed by atoms with Gasteiger partial charge in [0, 0.05) is 12.8 Å². The molecule has 2 aromatic carbocycles. The zero-order valence-electron chi connectivity index (χ0n) is 16.7. The van der Waals surface area contributed by atoms with Gasteiger partial charge in [-0.15, -0.1) is 0 Å². The third-order valence-corrected chi connectivity index (χ3v) is 7.42. The molecule has 0 aromatic heterocycles. The van der Waals surface area contributed by atoms with E-state index in [4.69, 9.17) is 9.47 Å². The van der Waals surface area contributed by atoms with E-state index >= 15 is 0 Å². The summed E-state index contributed by atoms with van der Waals surface area (Å²) in [6.07, 6.45) is 2.46. The number of quaternary nitrogens is 1. The topological polar surface area (TPSA) is 38.8 Å². The van der Waals surface area contributed by atoms with Crippen molar-refractivity contribution in [1.29, 1.82) is 0 Å². The van der Waals surface area contributed by atoms with Gasteiger partial charge in [-0.1, -0.05) is 60.7 Å². The summed E-state index contributed by atoms with van der Waals surface area (Å²) in [6, 6.07) is 20.8. The second-order valence-corrected chi connectivity index (χ2v) is 9.18. The normalized spacial score (nSPS) is 32.5. The molecule has 3 aliphatic rings. The Balaban J connectivity index is 1.42. The van der Waals surface area contributed by atoms with Crippen LogP contribution in [0.4, 0.5) is 0 Å². The molecule has 3 aliphatic heterocycles. The molecule has 5 rings (SSSR count). The monoisotopic (exact) mass is 378 g/mol. The van der Waals surface area contributed by atoms with Crippen LogP contribution in [0.5, 0.6) is 0 Å². The van der Waals surface area contributed by atoms with E-state index in [0.29, 0.717) is 24.3 Å². The number of fused-ring (bicyclic) bond motifs is 5. The molecule has 2 unspecified atom stereocenters. The van der Waals surface area contributed by atoms with Crippen molar-refractivity contribution in [2.75, 3.05) is 14.1 Å². The van der Waals surface area contributed by atoms with Crippen molar-refractivity contribution in [2.45, 2.75) is 55.6 Å². The number of benzene rings is 2. The SMILES string of the molecule is CC(C(=O)OC1CC2[C@@H]3O[C@H]3C(C1)[N+]2(C)C)(c1ccccc1)c1ccccc1. The van der Waals surface area contributed by atoms with E-state index in [2.05, 4.69) is 14.1 Å². The van der Waals surface area contributed by atoms with Gasteiger partial charge in [0.25, 0.3) is 0 Å². The Morgan fingerprint density at radius 3 is 1.86 bits per heavy atom. The summed E-state index contributed by atoms with van der Waals surface area (Å²) in [5, 5.41) is 0. The van der Waals surface area contributed by atoms with Crippen molar-refractivity contribution in [3.8, 4) is 0 Å². The first-order valence-electron chi connectivity index (χ1n) is 10.2. The molecular formula is C24H28NO3+. The zero-order chi connectivity index (χ0) is 19.5. The summed E-state index contributed by atoms with van der Waals surface area (Å²) in [5.41, 5.74) is 1.11. The Morgan fingerprint density at radius 2 is 1.39 bits per heavy atom. The van der Waals surface area contributed by atoms with E-state index in [1.54, 1.807) is 0 Å². The second-order valence-electron chi connectivity index (χ2n) is 9.18. The molecule has 2 aromatic rings. The van der Waals surface area contributed by atoms with Crippen LogP contribution < -0.4 is 0 Å².